The van der Waals surface area contributed by atoms with E-state index < -0.39 is 24.4 Å². The van der Waals surface area contributed by atoms with Crippen LogP contribution in [0.3, 0.4) is 0 Å². The number of anilines is 1. The summed E-state index contributed by atoms with van der Waals surface area (Å²) in [7, 11) is 0. The maximum atomic E-state index is 13.4. The van der Waals surface area contributed by atoms with E-state index in [1.54, 1.807) is 0 Å². The van der Waals surface area contributed by atoms with Crippen LogP contribution in [0.4, 0.5) is 14.9 Å². The molecule has 0 aromatic heterocycles. The van der Waals surface area contributed by atoms with Crippen molar-refractivity contribution in [2.45, 2.75) is 12.8 Å². The van der Waals surface area contributed by atoms with Gasteiger partial charge in [0.25, 0.3) is 0 Å². The van der Waals surface area contributed by atoms with E-state index in [4.69, 9.17) is 10.5 Å². The number of nitrogens with one attached hydrogen (secondary N) is 2. The normalized spacial score (nSPS) is 13.1. The molecule has 3 amide bonds. The molecule has 1 aromatic rings. The number of aryl methyl sites for hydroxylation is 1. The van der Waals surface area contributed by atoms with Gasteiger partial charge in [0.1, 0.15) is 11.6 Å². The lowest BCUT2D eigenvalue weighted by Crippen LogP contribution is -2.32. The lowest BCUT2D eigenvalue weighted by molar-refractivity contribution is -0.124. The van der Waals surface area contributed by atoms with Crippen molar-refractivity contribution in [3.8, 4) is 5.75 Å². The maximum absolute atomic E-state index is 13.4. The lowest BCUT2D eigenvalue weighted by atomic mass is 10.1. The number of urea groups is 1. The van der Waals surface area contributed by atoms with E-state index in [1.165, 1.54) is 6.07 Å². The predicted octanol–water partition coefficient (Wildman–Crippen LogP) is 0.689. The van der Waals surface area contributed by atoms with Gasteiger partial charge in [-0.15, -0.1) is 0 Å². The first kappa shape index (κ1) is 14.1. The zero-order valence-electron chi connectivity index (χ0n) is 10.6. The summed E-state index contributed by atoms with van der Waals surface area (Å²) in [6.45, 7) is 0.0539. The Morgan fingerprint density at radius 1 is 1.45 bits per heavy atom. The zero-order valence-corrected chi connectivity index (χ0v) is 10.6. The molecule has 0 fully saturated rings. The van der Waals surface area contributed by atoms with Gasteiger partial charge in [0.05, 0.1) is 12.3 Å². The van der Waals surface area contributed by atoms with Crippen LogP contribution in [0.15, 0.2) is 12.1 Å². The minimum absolute atomic E-state index is 0.208. The topological polar surface area (TPSA) is 103 Å². The predicted molar refractivity (Wildman–Crippen MR) is 67.5 cm³/mol. The van der Waals surface area contributed by atoms with Gasteiger partial charge in [0, 0.05) is 6.07 Å². The van der Waals surface area contributed by atoms with Crippen molar-refractivity contribution in [3.05, 3.63) is 23.5 Å². The molecule has 0 aliphatic carbocycles. The summed E-state index contributed by atoms with van der Waals surface area (Å²) in [6.07, 6.45) is 1.48. The number of carbonyl (C=O) groups excluding carboxylic acids is 2. The smallest absolute Gasteiger partial charge is 0.343 e. The molecule has 8 heteroatoms. The number of primary amides is 1. The molecule has 2 rings (SSSR count). The summed E-state index contributed by atoms with van der Waals surface area (Å²) >= 11 is 0. The number of hydroxylamine groups is 1. The van der Waals surface area contributed by atoms with E-state index in [9.17, 15) is 14.0 Å². The Morgan fingerprint density at radius 3 is 3.00 bits per heavy atom. The van der Waals surface area contributed by atoms with Crippen LogP contribution in [0.2, 0.25) is 0 Å². The average molecular weight is 283 g/mol. The second-order valence-corrected chi connectivity index (χ2v) is 4.20. The first-order chi connectivity index (χ1) is 9.56. The van der Waals surface area contributed by atoms with Crippen LogP contribution in [0.1, 0.15) is 12.0 Å². The lowest BCUT2D eigenvalue weighted by Gasteiger charge is -2.20. The van der Waals surface area contributed by atoms with Crippen molar-refractivity contribution in [1.29, 1.82) is 0 Å². The molecule has 0 unspecified atom stereocenters. The number of rotatable bonds is 4. The zero-order chi connectivity index (χ0) is 14.5. The molecule has 0 saturated heterocycles. The summed E-state index contributed by atoms with van der Waals surface area (Å²) < 4.78 is 18.9. The monoisotopic (exact) mass is 283 g/mol. The molecule has 0 radical (unpaired) electrons. The Bertz CT molecular complexity index is 536. The fraction of sp³-hybridized carbons (Fsp3) is 0.333. The minimum Gasteiger partial charge on any atom is -0.491 e. The fourth-order valence-electron chi connectivity index (χ4n) is 1.86. The van der Waals surface area contributed by atoms with Crippen molar-refractivity contribution >= 4 is 17.6 Å². The van der Waals surface area contributed by atoms with Gasteiger partial charge in [-0.3, -0.25) is 9.63 Å². The van der Waals surface area contributed by atoms with E-state index >= 15 is 0 Å². The Morgan fingerprint density at radius 2 is 2.25 bits per heavy atom. The average Bonchev–Trinajstić information content (AvgIpc) is 2.38. The minimum atomic E-state index is -0.756. The summed E-state index contributed by atoms with van der Waals surface area (Å²) in [6, 6.07) is 1.77. The molecular formula is C12H14FN3O4. The van der Waals surface area contributed by atoms with E-state index in [0.29, 0.717) is 24.3 Å². The van der Waals surface area contributed by atoms with E-state index in [2.05, 4.69) is 10.2 Å². The second-order valence-electron chi connectivity index (χ2n) is 4.20. The number of hydrogen-bond acceptors (Lipinski definition) is 4. The molecular weight excluding hydrogens is 269 g/mol. The number of ether oxygens (including phenoxy) is 1. The molecule has 1 aliphatic heterocycles. The highest BCUT2D eigenvalue weighted by Crippen LogP contribution is 2.34. The molecule has 108 valence electrons. The number of fused-ring (bicyclic) bond motifs is 1. The van der Waals surface area contributed by atoms with Gasteiger partial charge in [0.2, 0.25) is 5.91 Å². The van der Waals surface area contributed by atoms with E-state index in [1.807, 2.05) is 5.48 Å². The standard InChI is InChI=1S/C12H14FN3O4/c13-8-4-7-2-1-3-19-11(7)9(5-8)15-12(18)16-20-6-10(14)17/h4-5H,1-3,6H2,(H2,14,17)(H2,15,16,18). The van der Waals surface area contributed by atoms with Crippen LogP contribution in [0.25, 0.3) is 0 Å². The van der Waals surface area contributed by atoms with Crippen molar-refractivity contribution in [3.63, 3.8) is 0 Å². The highest BCUT2D eigenvalue weighted by atomic mass is 19.1. The third-order valence-corrected chi connectivity index (χ3v) is 2.59. The summed E-state index contributed by atoms with van der Waals surface area (Å²) in [4.78, 5) is 26.5. The van der Waals surface area contributed by atoms with Gasteiger partial charge in [0.15, 0.2) is 6.61 Å². The Labute approximate surface area is 114 Å². The van der Waals surface area contributed by atoms with Crippen LogP contribution in [0.5, 0.6) is 5.75 Å². The molecule has 0 bridgehead atoms. The van der Waals surface area contributed by atoms with Crippen molar-refractivity contribution in [2.75, 3.05) is 18.5 Å². The van der Waals surface area contributed by atoms with Gasteiger partial charge in [-0.05, 0) is 24.5 Å². The molecule has 7 nitrogen and oxygen atoms in total. The van der Waals surface area contributed by atoms with E-state index in [0.717, 1.165) is 12.5 Å². The van der Waals surface area contributed by atoms with Crippen LogP contribution < -0.4 is 21.3 Å². The molecule has 1 aliphatic rings. The molecule has 0 saturated carbocycles. The Kier molecular flexibility index (Phi) is 4.36. The molecule has 0 spiro atoms. The molecule has 4 N–H and O–H groups in total. The third kappa shape index (κ3) is 3.58. The number of carbonyl (C=O) groups is 2. The highest BCUT2D eigenvalue weighted by Gasteiger charge is 2.18. The first-order valence-electron chi connectivity index (χ1n) is 5.98. The van der Waals surface area contributed by atoms with Crippen molar-refractivity contribution in [1.82, 2.24) is 5.48 Å². The van der Waals surface area contributed by atoms with Crippen LogP contribution in [0, 0.1) is 5.82 Å². The fourth-order valence-corrected chi connectivity index (χ4v) is 1.86. The summed E-state index contributed by atoms with van der Waals surface area (Å²) in [5, 5.41) is 2.39. The summed E-state index contributed by atoms with van der Waals surface area (Å²) in [5.41, 5.74) is 7.70. The van der Waals surface area contributed by atoms with Crippen LogP contribution >= 0.6 is 0 Å². The summed E-state index contributed by atoms with van der Waals surface area (Å²) in [5.74, 6) is -0.748. The van der Waals surface area contributed by atoms with Gasteiger partial charge >= 0.3 is 6.03 Å². The number of halogens is 1. The first-order valence-corrected chi connectivity index (χ1v) is 5.98. The van der Waals surface area contributed by atoms with Gasteiger partial charge in [-0.2, -0.15) is 0 Å². The molecule has 0 atom stereocenters. The Hall–Kier alpha value is -2.35. The van der Waals surface area contributed by atoms with Crippen LogP contribution in [-0.2, 0) is 16.1 Å². The molecule has 1 heterocycles. The van der Waals surface area contributed by atoms with E-state index in [-0.39, 0.29) is 5.69 Å². The number of nitrogens with two attached hydrogens (primary N) is 1. The van der Waals surface area contributed by atoms with Gasteiger partial charge < -0.3 is 15.8 Å². The van der Waals surface area contributed by atoms with Gasteiger partial charge in [-0.25, -0.2) is 14.7 Å². The third-order valence-electron chi connectivity index (χ3n) is 2.59. The second kappa shape index (κ2) is 6.20. The molecule has 20 heavy (non-hydrogen) atoms. The quantitative estimate of drug-likeness (QED) is 0.707. The number of benzene rings is 1. The van der Waals surface area contributed by atoms with Gasteiger partial charge in [-0.1, -0.05) is 0 Å². The molecule has 1 aromatic carbocycles. The maximum Gasteiger partial charge on any atom is 0.343 e. The highest BCUT2D eigenvalue weighted by molar-refractivity contribution is 5.90. The largest absolute Gasteiger partial charge is 0.491 e. The van der Waals surface area contributed by atoms with Crippen molar-refractivity contribution < 1.29 is 23.6 Å². The number of hydrogen-bond donors (Lipinski definition) is 3. The van der Waals surface area contributed by atoms with Crippen molar-refractivity contribution in [2.24, 2.45) is 5.73 Å². The Balaban J connectivity index is 2.03. The number of amides is 3. The SMILES string of the molecule is NC(=O)CONC(=O)Nc1cc(F)cc2c1OCCC2. The van der Waals surface area contributed by atoms with Crippen LogP contribution in [-0.4, -0.2) is 25.2 Å².